The zero-order valence-electron chi connectivity index (χ0n) is 11.2. The normalized spacial score (nSPS) is 11.0. The predicted octanol–water partition coefficient (Wildman–Crippen LogP) is 3.24. The van der Waals surface area contributed by atoms with Crippen molar-refractivity contribution in [3.05, 3.63) is 35.5 Å². The largest absolute Gasteiger partial charge is 0.573 e. The predicted molar refractivity (Wildman–Crippen MR) is 69.1 cm³/mol. The second-order valence-electron chi connectivity index (χ2n) is 4.21. The number of alkyl halides is 3. The summed E-state index contributed by atoms with van der Waals surface area (Å²) in [5.74, 6) is -0.0824. The summed E-state index contributed by atoms with van der Waals surface area (Å²) in [7, 11) is 1.59. The number of hydrogen-bond donors (Lipinski definition) is 1. The Labute approximate surface area is 118 Å². The molecule has 0 spiro atoms. The minimum absolute atomic E-state index is 0.0920. The number of benzene rings is 1. The van der Waals surface area contributed by atoms with Crippen LogP contribution in [0.3, 0.4) is 0 Å². The van der Waals surface area contributed by atoms with E-state index in [-0.39, 0.29) is 17.0 Å². The van der Waals surface area contributed by atoms with Gasteiger partial charge in [0.1, 0.15) is 17.5 Å². The van der Waals surface area contributed by atoms with Gasteiger partial charge in [-0.2, -0.15) is 10.4 Å². The molecule has 21 heavy (non-hydrogen) atoms. The third-order valence-electron chi connectivity index (χ3n) is 2.70. The molecule has 8 heteroatoms. The van der Waals surface area contributed by atoms with Crippen molar-refractivity contribution in [1.82, 2.24) is 9.78 Å². The zero-order chi connectivity index (χ0) is 15.6. The minimum Gasteiger partial charge on any atom is -0.404 e. The Balaban J connectivity index is 2.39. The molecule has 1 N–H and O–H groups in total. The molecule has 0 bridgehead atoms. The molecule has 110 valence electrons. The standard InChI is InChI=1S/C13H11F3N4O/c1-8-9(7-17)12(20(2)19-8)18-10-5-3-4-6-11(10)21-13(14,15)16/h3-6,18H,1-2H3. The molecular weight excluding hydrogens is 285 g/mol. The smallest absolute Gasteiger partial charge is 0.404 e. The van der Waals surface area contributed by atoms with Gasteiger partial charge in [0.05, 0.1) is 11.4 Å². The van der Waals surface area contributed by atoms with Crippen molar-refractivity contribution in [3.63, 3.8) is 0 Å². The number of anilines is 2. The highest BCUT2D eigenvalue weighted by molar-refractivity contribution is 5.69. The van der Waals surface area contributed by atoms with E-state index in [4.69, 9.17) is 5.26 Å². The Hall–Kier alpha value is -2.69. The van der Waals surface area contributed by atoms with Crippen molar-refractivity contribution in [3.8, 4) is 11.8 Å². The van der Waals surface area contributed by atoms with Gasteiger partial charge in [0, 0.05) is 7.05 Å². The summed E-state index contributed by atoms with van der Waals surface area (Å²) in [6.07, 6.45) is -4.79. The molecule has 0 amide bonds. The zero-order valence-corrected chi connectivity index (χ0v) is 11.2. The Morgan fingerprint density at radius 2 is 2.00 bits per heavy atom. The topological polar surface area (TPSA) is 62.9 Å². The summed E-state index contributed by atoms with van der Waals surface area (Å²) in [5, 5.41) is 15.9. The van der Waals surface area contributed by atoms with Gasteiger partial charge in [-0.05, 0) is 19.1 Å². The lowest BCUT2D eigenvalue weighted by Gasteiger charge is -2.14. The first-order valence-corrected chi connectivity index (χ1v) is 5.87. The van der Waals surface area contributed by atoms with Gasteiger partial charge in [0.15, 0.2) is 5.75 Å². The van der Waals surface area contributed by atoms with E-state index in [0.717, 1.165) is 0 Å². The molecule has 0 radical (unpaired) electrons. The van der Waals surface area contributed by atoms with E-state index >= 15 is 0 Å². The molecular formula is C13H11F3N4O. The maximum Gasteiger partial charge on any atom is 0.573 e. The highest BCUT2D eigenvalue weighted by atomic mass is 19.4. The fourth-order valence-corrected chi connectivity index (χ4v) is 1.85. The third kappa shape index (κ3) is 3.25. The lowest BCUT2D eigenvalue weighted by Crippen LogP contribution is -2.18. The summed E-state index contributed by atoms with van der Waals surface area (Å²) in [6.45, 7) is 1.64. The molecule has 0 aliphatic rings. The lowest BCUT2D eigenvalue weighted by molar-refractivity contribution is -0.274. The van der Waals surface area contributed by atoms with Gasteiger partial charge in [-0.3, -0.25) is 4.68 Å². The lowest BCUT2D eigenvalue weighted by atomic mass is 10.2. The molecule has 2 aromatic rings. The van der Waals surface area contributed by atoms with Crippen molar-refractivity contribution in [2.24, 2.45) is 7.05 Å². The van der Waals surface area contributed by atoms with Crippen LogP contribution in [0.1, 0.15) is 11.3 Å². The van der Waals surface area contributed by atoms with Gasteiger partial charge in [0.25, 0.3) is 0 Å². The number of ether oxygens (including phenoxy) is 1. The second-order valence-corrected chi connectivity index (χ2v) is 4.21. The van der Waals surface area contributed by atoms with Crippen LogP contribution in [0, 0.1) is 18.3 Å². The van der Waals surface area contributed by atoms with Crippen LogP contribution in [0.15, 0.2) is 24.3 Å². The molecule has 0 fully saturated rings. The van der Waals surface area contributed by atoms with Gasteiger partial charge in [-0.15, -0.1) is 13.2 Å². The summed E-state index contributed by atoms with van der Waals surface area (Å²) in [5.41, 5.74) is 0.838. The number of para-hydroxylation sites is 2. The Morgan fingerprint density at radius 3 is 2.62 bits per heavy atom. The summed E-state index contributed by atoms with van der Waals surface area (Å²) >= 11 is 0. The number of aryl methyl sites for hydroxylation is 2. The molecule has 0 atom stereocenters. The third-order valence-corrected chi connectivity index (χ3v) is 2.70. The Kier molecular flexibility index (Phi) is 3.76. The van der Waals surface area contributed by atoms with Crippen LogP contribution in [-0.4, -0.2) is 16.1 Å². The van der Waals surface area contributed by atoms with Crippen LogP contribution in [0.4, 0.5) is 24.7 Å². The van der Waals surface area contributed by atoms with Gasteiger partial charge >= 0.3 is 6.36 Å². The van der Waals surface area contributed by atoms with E-state index in [2.05, 4.69) is 15.2 Å². The number of nitrogens with zero attached hydrogens (tertiary/aromatic N) is 3. The number of hydrogen-bond acceptors (Lipinski definition) is 4. The van der Waals surface area contributed by atoms with Gasteiger partial charge in [-0.1, -0.05) is 12.1 Å². The first kappa shape index (κ1) is 14.7. The molecule has 0 unspecified atom stereocenters. The van der Waals surface area contributed by atoms with E-state index in [1.807, 2.05) is 6.07 Å². The van der Waals surface area contributed by atoms with Gasteiger partial charge < -0.3 is 10.1 Å². The van der Waals surface area contributed by atoms with Crippen molar-refractivity contribution in [1.29, 1.82) is 5.26 Å². The average Bonchev–Trinajstić information content (AvgIpc) is 2.64. The molecule has 0 aliphatic heterocycles. The second kappa shape index (κ2) is 5.36. The van der Waals surface area contributed by atoms with Gasteiger partial charge in [-0.25, -0.2) is 0 Å². The fraction of sp³-hybridized carbons (Fsp3) is 0.231. The van der Waals surface area contributed by atoms with Crippen LogP contribution < -0.4 is 10.1 Å². The van der Waals surface area contributed by atoms with Crippen LogP contribution in [0.2, 0.25) is 0 Å². The summed E-state index contributed by atoms with van der Waals surface area (Å²) < 4.78 is 42.4. The Bertz CT molecular complexity index is 700. The maximum atomic E-state index is 12.4. The number of halogens is 3. The molecule has 2 rings (SSSR count). The van der Waals surface area contributed by atoms with Gasteiger partial charge in [0.2, 0.25) is 0 Å². The fourth-order valence-electron chi connectivity index (χ4n) is 1.85. The van der Waals surface area contributed by atoms with Crippen molar-refractivity contribution < 1.29 is 17.9 Å². The molecule has 1 aromatic heterocycles. The van der Waals surface area contributed by atoms with E-state index in [1.54, 1.807) is 20.0 Å². The molecule has 0 aliphatic carbocycles. The summed E-state index contributed by atoms with van der Waals surface area (Å²) in [4.78, 5) is 0. The monoisotopic (exact) mass is 296 g/mol. The van der Waals surface area contributed by atoms with E-state index < -0.39 is 6.36 Å². The van der Waals surface area contributed by atoms with Crippen LogP contribution in [-0.2, 0) is 7.05 Å². The number of nitriles is 1. The van der Waals surface area contributed by atoms with Crippen LogP contribution in [0.5, 0.6) is 5.75 Å². The van der Waals surface area contributed by atoms with Crippen molar-refractivity contribution in [2.45, 2.75) is 13.3 Å². The van der Waals surface area contributed by atoms with Crippen LogP contribution in [0.25, 0.3) is 0 Å². The quantitative estimate of drug-likeness (QED) is 0.944. The molecule has 1 heterocycles. The number of nitrogens with one attached hydrogen (secondary N) is 1. The van der Waals surface area contributed by atoms with Crippen molar-refractivity contribution >= 4 is 11.5 Å². The number of aromatic nitrogens is 2. The van der Waals surface area contributed by atoms with E-state index in [1.165, 1.54) is 22.9 Å². The minimum atomic E-state index is -4.79. The molecule has 0 saturated carbocycles. The van der Waals surface area contributed by atoms with Crippen LogP contribution >= 0.6 is 0 Å². The van der Waals surface area contributed by atoms with E-state index in [9.17, 15) is 13.2 Å². The maximum absolute atomic E-state index is 12.4. The Morgan fingerprint density at radius 1 is 1.33 bits per heavy atom. The molecule has 5 nitrogen and oxygen atoms in total. The molecule has 0 saturated heterocycles. The highest BCUT2D eigenvalue weighted by Crippen LogP contribution is 2.33. The SMILES string of the molecule is Cc1nn(C)c(Nc2ccccc2OC(F)(F)F)c1C#N. The average molecular weight is 296 g/mol. The highest BCUT2D eigenvalue weighted by Gasteiger charge is 2.32. The van der Waals surface area contributed by atoms with E-state index in [0.29, 0.717) is 11.5 Å². The first-order chi connectivity index (χ1) is 9.81. The van der Waals surface area contributed by atoms with Crippen molar-refractivity contribution in [2.75, 3.05) is 5.32 Å². The summed E-state index contributed by atoms with van der Waals surface area (Å²) in [6, 6.07) is 7.55. The number of rotatable bonds is 3. The molecule has 1 aromatic carbocycles. The first-order valence-electron chi connectivity index (χ1n) is 5.87.